The van der Waals surface area contributed by atoms with Crippen molar-refractivity contribution in [2.24, 2.45) is 0 Å². The first-order valence-electron chi connectivity index (χ1n) is 5.85. The van der Waals surface area contributed by atoms with E-state index in [9.17, 15) is 0 Å². The summed E-state index contributed by atoms with van der Waals surface area (Å²) in [7, 11) is 0. The first kappa shape index (κ1) is 11.9. The summed E-state index contributed by atoms with van der Waals surface area (Å²) in [4.78, 5) is 0. The molecular weight excluding hydrogens is 305 g/mol. The van der Waals surface area contributed by atoms with Crippen LogP contribution in [0.5, 0.6) is 0 Å². The van der Waals surface area contributed by atoms with Crippen LogP contribution in [0.4, 0.5) is 0 Å². The Kier molecular flexibility index (Phi) is 2.98. The van der Waals surface area contributed by atoms with Crippen LogP contribution in [0.25, 0.3) is 15.3 Å². The number of benzene rings is 2. The van der Waals surface area contributed by atoms with E-state index in [1.165, 1.54) is 26.5 Å². The molecule has 0 amide bonds. The zero-order valence-electron chi connectivity index (χ0n) is 10.3. The van der Waals surface area contributed by atoms with Gasteiger partial charge in [-0.05, 0) is 0 Å². The summed E-state index contributed by atoms with van der Waals surface area (Å²) < 4.78 is 4.63. The predicted octanol–water partition coefficient (Wildman–Crippen LogP) is 4.03. The van der Waals surface area contributed by atoms with E-state index >= 15 is 0 Å². The van der Waals surface area contributed by atoms with Crippen LogP contribution in [0.15, 0.2) is 42.5 Å². The van der Waals surface area contributed by atoms with Gasteiger partial charge in [-0.25, -0.2) is 0 Å². The summed E-state index contributed by atoms with van der Waals surface area (Å²) in [6, 6.07) is 15.0. The fraction of sp³-hybridized carbons (Fsp3) is 0.133. The molecule has 90 valence electrons. The van der Waals surface area contributed by atoms with E-state index in [1.54, 1.807) is 0 Å². The van der Waals surface area contributed by atoms with Gasteiger partial charge in [0.05, 0.1) is 0 Å². The molecule has 0 unspecified atom stereocenters. The molecule has 0 bridgehead atoms. The van der Waals surface area contributed by atoms with Gasteiger partial charge in [-0.2, -0.15) is 0 Å². The molecule has 0 saturated carbocycles. The van der Waals surface area contributed by atoms with Gasteiger partial charge in [0.1, 0.15) is 0 Å². The molecule has 2 aromatic carbocycles. The van der Waals surface area contributed by atoms with E-state index in [0.717, 1.165) is 4.64 Å². The van der Waals surface area contributed by atoms with Crippen molar-refractivity contribution in [2.75, 3.05) is 0 Å². The van der Waals surface area contributed by atoms with Crippen LogP contribution in [0.3, 0.4) is 0 Å². The van der Waals surface area contributed by atoms with Crippen LogP contribution in [0, 0.1) is 18.5 Å². The Morgan fingerprint density at radius 3 is 2.50 bits per heavy atom. The van der Waals surface area contributed by atoms with Crippen LogP contribution in [-0.2, 0) is 0 Å². The molecule has 0 aliphatic heterocycles. The van der Waals surface area contributed by atoms with Gasteiger partial charge in [0.25, 0.3) is 0 Å². The summed E-state index contributed by atoms with van der Waals surface area (Å²) in [5.41, 5.74) is 3.87. The second-order valence-electron chi connectivity index (χ2n) is 4.46. The van der Waals surface area contributed by atoms with Crippen molar-refractivity contribution in [1.82, 2.24) is 3.56 Å². The summed E-state index contributed by atoms with van der Waals surface area (Å²) in [6.45, 7) is 4.29. The van der Waals surface area contributed by atoms with Crippen molar-refractivity contribution in [1.29, 1.82) is 0 Å². The molecule has 1 nitrogen and oxygen atoms in total. The Morgan fingerprint density at radius 1 is 1.00 bits per heavy atom. The minimum absolute atomic E-state index is 0.273. The van der Waals surface area contributed by atoms with E-state index in [2.05, 4.69) is 59.9 Å². The number of aryl methyl sites for hydroxylation is 2. The molecule has 0 aliphatic rings. The molecule has 1 heterocycles. The van der Waals surface area contributed by atoms with Crippen molar-refractivity contribution >= 4 is 36.6 Å². The van der Waals surface area contributed by atoms with Gasteiger partial charge in [-0.15, -0.1) is 0 Å². The van der Waals surface area contributed by atoms with Gasteiger partial charge in [0.2, 0.25) is 0 Å². The Balaban J connectivity index is 2.28. The number of rotatable bonds is 1. The topological polar surface area (TPSA) is 4.93 Å². The summed E-state index contributed by atoms with van der Waals surface area (Å²) >= 11 is 5.87. The molecule has 1 aromatic heterocycles. The fourth-order valence-corrected chi connectivity index (χ4v) is 4.71. The Labute approximate surface area is 118 Å². The molecule has 18 heavy (non-hydrogen) atoms. The first-order chi connectivity index (χ1) is 8.66. The number of nitrogens with zero attached hydrogens (tertiary/aromatic N) is 1. The average molecular weight is 318 g/mol. The predicted molar refractivity (Wildman–Crippen MR) is 80.5 cm³/mol. The van der Waals surface area contributed by atoms with Crippen LogP contribution >= 0.6 is 12.2 Å². The monoisotopic (exact) mass is 319 g/mol. The maximum atomic E-state index is 5.59. The summed E-state index contributed by atoms with van der Waals surface area (Å²) in [5, 5.41) is 1.23. The third-order valence-electron chi connectivity index (χ3n) is 3.22. The third-order valence-corrected chi connectivity index (χ3v) is 6.25. The van der Waals surface area contributed by atoms with Crippen molar-refractivity contribution in [2.45, 2.75) is 13.8 Å². The van der Waals surface area contributed by atoms with E-state index in [0.29, 0.717) is 0 Å². The van der Waals surface area contributed by atoms with Gasteiger partial charge in [-0.1, -0.05) is 0 Å². The maximum absolute atomic E-state index is 5.59. The number of fused-ring (bicyclic) bond motifs is 1. The molecule has 0 saturated heterocycles. The van der Waals surface area contributed by atoms with E-state index in [-0.39, 0.29) is 14.7 Å². The first-order valence-corrected chi connectivity index (χ1v) is 7.88. The number of hydrogen-bond donors (Lipinski definition) is 0. The fourth-order valence-electron chi connectivity index (χ4n) is 1.99. The van der Waals surface area contributed by atoms with Crippen LogP contribution in [-0.4, -0.2) is 18.3 Å². The van der Waals surface area contributed by atoms with Gasteiger partial charge in [0.15, 0.2) is 0 Å². The zero-order valence-corrected chi connectivity index (χ0v) is 12.8. The minimum atomic E-state index is 0.273. The Morgan fingerprint density at radius 2 is 1.78 bits per heavy atom. The van der Waals surface area contributed by atoms with Crippen molar-refractivity contribution in [3.63, 3.8) is 0 Å². The number of aromatic nitrogens is 1. The second kappa shape index (κ2) is 4.51. The van der Waals surface area contributed by atoms with E-state index in [1.807, 2.05) is 0 Å². The summed E-state index contributed by atoms with van der Waals surface area (Å²) in [6.07, 6.45) is 0. The molecule has 3 aromatic rings. The average Bonchev–Trinajstić information content (AvgIpc) is 2.71. The molecule has 0 atom stereocenters. The number of hydrogen-bond acceptors (Lipinski definition) is 1. The molecule has 0 N–H and O–H groups in total. The zero-order chi connectivity index (χ0) is 12.7. The molecule has 0 aliphatic carbocycles. The second-order valence-corrected chi connectivity index (χ2v) is 6.91. The van der Waals surface area contributed by atoms with Gasteiger partial charge in [-0.3, -0.25) is 0 Å². The van der Waals surface area contributed by atoms with Crippen molar-refractivity contribution in [3.8, 4) is 5.69 Å². The van der Waals surface area contributed by atoms with E-state index in [4.69, 9.17) is 12.2 Å². The third kappa shape index (κ3) is 1.89. The molecular formula is C15H13NSSe. The van der Waals surface area contributed by atoms with Gasteiger partial charge >= 0.3 is 118 Å². The molecule has 0 radical (unpaired) electrons. The van der Waals surface area contributed by atoms with Crippen LogP contribution in [0.2, 0.25) is 0 Å². The standard InChI is InChI=1S/C15H13NSSe/c1-10-7-8-12(9-11(10)2)16-15(17)13-5-3-4-6-14(13)18-16/h3-9H,1-2H3. The van der Waals surface area contributed by atoms with Gasteiger partial charge < -0.3 is 0 Å². The normalized spacial score (nSPS) is 11.0. The van der Waals surface area contributed by atoms with Crippen molar-refractivity contribution < 1.29 is 0 Å². The quantitative estimate of drug-likeness (QED) is 0.484. The SMILES string of the molecule is Cc1ccc(-n2[se]c3ccccc3c2=S)cc1C. The Bertz CT molecular complexity index is 783. The Hall–Kier alpha value is -1.15. The summed E-state index contributed by atoms with van der Waals surface area (Å²) in [5.74, 6) is 0. The molecule has 0 fully saturated rings. The van der Waals surface area contributed by atoms with Crippen LogP contribution in [0.1, 0.15) is 11.1 Å². The van der Waals surface area contributed by atoms with E-state index < -0.39 is 0 Å². The molecule has 3 rings (SSSR count). The van der Waals surface area contributed by atoms with Gasteiger partial charge in [0, 0.05) is 0 Å². The van der Waals surface area contributed by atoms with Crippen molar-refractivity contribution in [3.05, 3.63) is 58.2 Å². The van der Waals surface area contributed by atoms with Crippen LogP contribution < -0.4 is 0 Å². The molecule has 3 heteroatoms. The molecule has 0 spiro atoms.